The number of allylic oxidation sites excluding steroid dienone is 2. The Morgan fingerprint density at radius 2 is 1.65 bits per heavy atom. The summed E-state index contributed by atoms with van der Waals surface area (Å²) >= 11 is 2.34. The summed E-state index contributed by atoms with van der Waals surface area (Å²) in [4.78, 5) is 0.952. The van der Waals surface area contributed by atoms with Crippen LogP contribution in [0, 0.1) is 0 Å². The molecule has 2 atom stereocenters. The molecule has 0 saturated heterocycles. The summed E-state index contributed by atoms with van der Waals surface area (Å²) in [6, 6.07) is 3.62. The van der Waals surface area contributed by atoms with E-state index < -0.39 is 40.8 Å². The van der Waals surface area contributed by atoms with E-state index in [1.165, 1.54) is 24.3 Å². The summed E-state index contributed by atoms with van der Waals surface area (Å²) in [7, 11) is 0. The van der Waals surface area contributed by atoms with Crippen LogP contribution in [0.5, 0.6) is 0 Å². The summed E-state index contributed by atoms with van der Waals surface area (Å²) in [6.45, 7) is -3.86. The molecule has 1 heterocycles. The molecule has 0 saturated carbocycles. The van der Waals surface area contributed by atoms with E-state index in [2.05, 4.69) is 20.7 Å². The number of rotatable bonds is 4. The first kappa shape index (κ1) is 23.6. The fourth-order valence-corrected chi connectivity index (χ4v) is 4.76. The van der Waals surface area contributed by atoms with Gasteiger partial charge < -0.3 is 9.64 Å². The smallest absolute Gasteiger partial charge is 0.433 e. The number of nitrogens with zero attached hydrogens (tertiary/aromatic N) is 1. The Morgan fingerprint density at radius 1 is 1.03 bits per heavy atom. The van der Waals surface area contributed by atoms with Crippen LogP contribution in [0.3, 0.4) is 0 Å². The highest BCUT2D eigenvalue weighted by atomic mass is 79.9. The van der Waals surface area contributed by atoms with Crippen LogP contribution >= 0.6 is 15.9 Å². The highest BCUT2D eigenvalue weighted by Crippen LogP contribution is 2.60. The molecule has 1 aromatic carbocycles. The Labute approximate surface area is 178 Å². The largest absolute Gasteiger partial charge is 0.437 e. The lowest BCUT2D eigenvalue weighted by Gasteiger charge is -2.51. The summed E-state index contributed by atoms with van der Waals surface area (Å²) in [6.07, 6.45) is -8.24. The molecule has 0 aromatic heterocycles. The predicted molar refractivity (Wildman–Crippen MR) is 98.5 cm³/mol. The third-order valence-electron chi connectivity index (χ3n) is 4.96. The molecule has 3 rings (SSSR count). The van der Waals surface area contributed by atoms with E-state index >= 15 is 4.39 Å². The highest BCUT2D eigenvalue weighted by molar-refractivity contribution is 9.10. The van der Waals surface area contributed by atoms with Crippen molar-refractivity contribution in [1.82, 2.24) is 0 Å². The maximum absolute atomic E-state index is 15.3. The van der Waals surface area contributed by atoms with E-state index in [0.717, 1.165) is 11.0 Å². The number of hydrogen-bond donors (Lipinski definition) is 0. The highest BCUT2D eigenvalue weighted by Gasteiger charge is 2.83. The lowest BCUT2D eigenvalue weighted by molar-refractivity contribution is -0.348. The summed E-state index contributed by atoms with van der Waals surface area (Å²) in [5, 5.41) is 0. The zero-order chi connectivity index (χ0) is 23.2. The zero-order valence-corrected chi connectivity index (χ0v) is 16.8. The average Bonchev–Trinajstić information content (AvgIpc) is 2.65. The number of fused-ring (bicyclic) bond motifs is 1. The molecule has 1 aliphatic carbocycles. The van der Waals surface area contributed by atoms with Crippen molar-refractivity contribution in [1.29, 1.82) is 0 Å². The topological polar surface area (TPSA) is 12.5 Å². The van der Waals surface area contributed by atoms with Gasteiger partial charge in [0.25, 0.3) is 0 Å². The van der Waals surface area contributed by atoms with Gasteiger partial charge in [-0.05, 0) is 17.7 Å². The molecule has 170 valence electrons. The monoisotopic (exact) mass is 521 g/mol. The van der Waals surface area contributed by atoms with E-state index in [9.17, 15) is 35.1 Å². The molecule has 0 bridgehead atoms. The Kier molecular flexibility index (Phi) is 5.92. The van der Waals surface area contributed by atoms with Crippen molar-refractivity contribution >= 4 is 27.7 Å². The lowest BCUT2D eigenvalue weighted by Crippen LogP contribution is -2.72. The quantitative estimate of drug-likeness (QED) is 0.329. The Hall–Kier alpha value is -2.11. The van der Waals surface area contributed by atoms with Crippen molar-refractivity contribution in [2.24, 2.45) is 0 Å². The molecular weight excluding hydrogens is 509 g/mol. The second-order valence-corrected chi connectivity index (χ2v) is 8.06. The van der Waals surface area contributed by atoms with Crippen LogP contribution in [0.2, 0.25) is 0 Å². The first-order valence-electron chi connectivity index (χ1n) is 8.62. The van der Waals surface area contributed by atoms with E-state index in [1.54, 1.807) is 12.1 Å². The van der Waals surface area contributed by atoms with Crippen LogP contribution in [0.1, 0.15) is 5.56 Å². The maximum Gasteiger partial charge on any atom is 0.433 e. The molecule has 1 aromatic rings. The van der Waals surface area contributed by atoms with Gasteiger partial charge in [0.1, 0.15) is 16.1 Å². The molecule has 0 amide bonds. The van der Waals surface area contributed by atoms with Gasteiger partial charge in [-0.1, -0.05) is 58.4 Å². The SMILES string of the molecule is FC(F)OC1=CC=CC(Br)(C(F)(C(F)(F)F)C(F)(F)F)C1N1CC=Cc2ccccc21. The molecule has 0 N–H and O–H groups in total. The Bertz CT molecular complexity index is 908. The van der Waals surface area contributed by atoms with Crippen molar-refractivity contribution < 1.29 is 44.3 Å². The first-order chi connectivity index (χ1) is 14.2. The van der Waals surface area contributed by atoms with Gasteiger partial charge in [0.15, 0.2) is 0 Å². The minimum Gasteiger partial charge on any atom is -0.437 e. The van der Waals surface area contributed by atoms with Gasteiger partial charge in [-0.3, -0.25) is 0 Å². The average molecular weight is 522 g/mol. The molecule has 31 heavy (non-hydrogen) atoms. The number of ether oxygens (including phenoxy) is 1. The third-order valence-corrected chi connectivity index (χ3v) is 6.20. The summed E-state index contributed by atoms with van der Waals surface area (Å²) in [5.41, 5.74) is -5.35. The van der Waals surface area contributed by atoms with Crippen molar-refractivity contribution in [2.45, 2.75) is 35.0 Å². The standard InChI is InChI=1S/C19H13BrF9NO/c20-16(17(23,18(24,25)26)19(27,28)29)9-3-8-13(31-15(21)22)14(16)30-10-4-6-11-5-1-2-7-12(11)30/h1-9,14-15H,10H2. The molecule has 0 radical (unpaired) electrons. The van der Waals surface area contributed by atoms with E-state index in [0.29, 0.717) is 17.7 Å². The number of alkyl halides is 10. The normalized spacial score (nSPS) is 24.3. The van der Waals surface area contributed by atoms with E-state index in [1.807, 2.05) is 0 Å². The number of para-hydroxylation sites is 1. The minimum absolute atomic E-state index is 0.115. The fourth-order valence-electron chi connectivity index (χ4n) is 3.68. The van der Waals surface area contributed by atoms with Crippen LogP contribution < -0.4 is 4.90 Å². The third kappa shape index (κ3) is 3.72. The summed E-state index contributed by atoms with van der Waals surface area (Å²) in [5.74, 6) is -0.963. The lowest BCUT2D eigenvalue weighted by atomic mass is 9.77. The Balaban J connectivity index is 2.27. The molecule has 12 heteroatoms. The van der Waals surface area contributed by atoms with Gasteiger partial charge in [-0.2, -0.15) is 35.1 Å². The van der Waals surface area contributed by atoms with Gasteiger partial charge in [0.05, 0.1) is 0 Å². The van der Waals surface area contributed by atoms with Gasteiger partial charge in [-0.25, -0.2) is 4.39 Å². The van der Waals surface area contributed by atoms with Crippen LogP contribution in [0.15, 0.2) is 54.3 Å². The summed E-state index contributed by atoms with van der Waals surface area (Å²) < 4.78 is 124. The van der Waals surface area contributed by atoms with Gasteiger partial charge in [0, 0.05) is 12.2 Å². The van der Waals surface area contributed by atoms with Gasteiger partial charge in [-0.15, -0.1) is 0 Å². The van der Waals surface area contributed by atoms with Crippen LogP contribution in [0.25, 0.3) is 6.08 Å². The number of hydrogen-bond acceptors (Lipinski definition) is 2. The van der Waals surface area contributed by atoms with Gasteiger partial charge >= 0.3 is 24.6 Å². The molecule has 0 fully saturated rings. The second kappa shape index (κ2) is 7.79. The van der Waals surface area contributed by atoms with Crippen LogP contribution in [-0.4, -0.2) is 41.5 Å². The number of benzene rings is 1. The predicted octanol–water partition coefficient (Wildman–Crippen LogP) is 6.55. The molecule has 2 unspecified atom stereocenters. The molecule has 2 aliphatic rings. The Morgan fingerprint density at radius 3 is 2.23 bits per heavy atom. The fraction of sp³-hybridized carbons (Fsp3) is 0.368. The molecular formula is C19H13BrF9NO. The van der Waals surface area contributed by atoms with Crippen molar-refractivity contribution in [3.05, 3.63) is 59.9 Å². The molecule has 1 aliphatic heterocycles. The van der Waals surface area contributed by atoms with Crippen LogP contribution in [0.4, 0.5) is 45.2 Å². The zero-order valence-electron chi connectivity index (χ0n) is 15.2. The first-order valence-corrected chi connectivity index (χ1v) is 9.41. The molecule has 0 spiro atoms. The van der Waals surface area contributed by atoms with Crippen molar-refractivity contribution in [3.8, 4) is 0 Å². The van der Waals surface area contributed by atoms with Gasteiger partial charge in [0.2, 0.25) is 0 Å². The minimum atomic E-state index is -6.45. The number of anilines is 1. The van der Waals surface area contributed by atoms with E-state index in [-0.39, 0.29) is 12.2 Å². The van der Waals surface area contributed by atoms with Crippen molar-refractivity contribution in [3.63, 3.8) is 0 Å². The molecule has 2 nitrogen and oxygen atoms in total. The van der Waals surface area contributed by atoms with Crippen LogP contribution in [-0.2, 0) is 4.74 Å². The van der Waals surface area contributed by atoms with Crippen molar-refractivity contribution in [2.75, 3.05) is 11.4 Å². The maximum atomic E-state index is 15.3. The second-order valence-electron chi connectivity index (χ2n) is 6.74. The van der Waals surface area contributed by atoms with E-state index in [4.69, 9.17) is 0 Å². The number of halogens is 10.